The van der Waals surface area contributed by atoms with E-state index >= 15 is 0 Å². The summed E-state index contributed by atoms with van der Waals surface area (Å²) in [5.74, 6) is 0.543. The Labute approximate surface area is 139 Å². The van der Waals surface area contributed by atoms with E-state index in [2.05, 4.69) is 34.9 Å². The summed E-state index contributed by atoms with van der Waals surface area (Å²) < 4.78 is 4.95. The van der Waals surface area contributed by atoms with Crippen LogP contribution in [0.5, 0.6) is 0 Å². The lowest BCUT2D eigenvalue weighted by molar-refractivity contribution is -0.121. The molecule has 1 aliphatic carbocycles. The smallest absolute Gasteiger partial charge is 0.220 e. The van der Waals surface area contributed by atoms with Crippen molar-refractivity contribution in [2.75, 3.05) is 33.4 Å². The molecule has 2 N–H and O–H groups in total. The second kappa shape index (κ2) is 10.6. The molecule has 1 aromatic carbocycles. The normalized spacial score (nSPS) is 16.5. The quantitative estimate of drug-likeness (QED) is 0.721. The topological polar surface area (TPSA) is 50.4 Å². The lowest BCUT2D eigenvalue weighted by Gasteiger charge is -2.25. The van der Waals surface area contributed by atoms with E-state index in [-0.39, 0.29) is 18.3 Å². The number of benzene rings is 1. The Kier molecular flexibility index (Phi) is 9.13. The van der Waals surface area contributed by atoms with Gasteiger partial charge in [-0.3, -0.25) is 4.79 Å². The fourth-order valence-corrected chi connectivity index (χ4v) is 2.95. The molecular weight excluding hydrogens is 300 g/mol. The standard InChI is InChI=1S/C17H26N2O2.ClH/c1-21-12-11-18-9-10-19-17(20)13-15-7-4-6-14-5-2-3-8-16(14)15;/h2-3,5,8,15,18H,4,6-7,9-13H2,1H3,(H,19,20);1H. The van der Waals surface area contributed by atoms with E-state index in [4.69, 9.17) is 4.74 Å². The highest BCUT2D eigenvalue weighted by atomic mass is 35.5. The second-order valence-electron chi connectivity index (χ2n) is 5.58. The molecule has 1 aromatic rings. The number of carbonyl (C=O) groups is 1. The molecular formula is C17H27ClN2O2. The van der Waals surface area contributed by atoms with Crippen molar-refractivity contribution in [3.8, 4) is 0 Å². The van der Waals surface area contributed by atoms with Gasteiger partial charge < -0.3 is 15.4 Å². The van der Waals surface area contributed by atoms with Crippen molar-refractivity contribution in [2.45, 2.75) is 31.6 Å². The van der Waals surface area contributed by atoms with Crippen LogP contribution in [-0.2, 0) is 16.0 Å². The average Bonchev–Trinajstić information content (AvgIpc) is 2.51. The van der Waals surface area contributed by atoms with Crippen LogP contribution in [0.15, 0.2) is 24.3 Å². The van der Waals surface area contributed by atoms with Gasteiger partial charge in [0.15, 0.2) is 0 Å². The summed E-state index contributed by atoms with van der Waals surface area (Å²) in [6.07, 6.45) is 4.07. The minimum Gasteiger partial charge on any atom is -0.383 e. The van der Waals surface area contributed by atoms with E-state index < -0.39 is 0 Å². The van der Waals surface area contributed by atoms with Gasteiger partial charge in [-0.2, -0.15) is 0 Å². The number of aryl methyl sites for hydroxylation is 1. The number of rotatable bonds is 8. The zero-order chi connectivity index (χ0) is 14.9. The van der Waals surface area contributed by atoms with Crippen LogP contribution in [0, 0.1) is 0 Å². The molecule has 0 aromatic heterocycles. The Balaban J connectivity index is 0.00000242. The molecule has 0 heterocycles. The number of hydrogen-bond donors (Lipinski definition) is 2. The van der Waals surface area contributed by atoms with Crippen LogP contribution < -0.4 is 10.6 Å². The van der Waals surface area contributed by atoms with Gasteiger partial charge in [0.2, 0.25) is 5.91 Å². The number of fused-ring (bicyclic) bond motifs is 1. The Morgan fingerprint density at radius 3 is 2.91 bits per heavy atom. The summed E-state index contributed by atoms with van der Waals surface area (Å²) in [5.41, 5.74) is 2.79. The zero-order valence-corrected chi connectivity index (χ0v) is 14.1. The van der Waals surface area contributed by atoms with Crippen LogP contribution in [0.1, 0.15) is 36.3 Å². The Morgan fingerprint density at radius 1 is 1.27 bits per heavy atom. The van der Waals surface area contributed by atoms with E-state index in [0.29, 0.717) is 25.5 Å². The molecule has 0 radical (unpaired) electrons. The van der Waals surface area contributed by atoms with Crippen molar-refractivity contribution < 1.29 is 9.53 Å². The van der Waals surface area contributed by atoms with Crippen LogP contribution in [0.3, 0.4) is 0 Å². The van der Waals surface area contributed by atoms with Crippen LogP contribution in [-0.4, -0.2) is 39.3 Å². The van der Waals surface area contributed by atoms with Gasteiger partial charge in [0.25, 0.3) is 0 Å². The fourth-order valence-electron chi connectivity index (χ4n) is 2.95. The van der Waals surface area contributed by atoms with Gasteiger partial charge >= 0.3 is 0 Å². The molecule has 5 heteroatoms. The lowest BCUT2D eigenvalue weighted by Crippen LogP contribution is -2.33. The van der Waals surface area contributed by atoms with Crippen molar-refractivity contribution in [3.05, 3.63) is 35.4 Å². The number of hydrogen-bond acceptors (Lipinski definition) is 3. The average molecular weight is 327 g/mol. The first kappa shape index (κ1) is 18.9. The summed E-state index contributed by atoms with van der Waals surface area (Å²) in [6.45, 7) is 2.99. The molecule has 0 bridgehead atoms. The monoisotopic (exact) mass is 326 g/mol. The van der Waals surface area contributed by atoms with Crippen molar-refractivity contribution >= 4 is 18.3 Å². The van der Waals surface area contributed by atoms with Crippen molar-refractivity contribution in [1.82, 2.24) is 10.6 Å². The third-order valence-electron chi connectivity index (χ3n) is 4.03. The third-order valence-corrected chi connectivity index (χ3v) is 4.03. The van der Waals surface area contributed by atoms with Crippen LogP contribution >= 0.6 is 12.4 Å². The SMILES string of the molecule is COCCNCCNC(=O)CC1CCCc2ccccc21.Cl. The molecule has 0 fully saturated rings. The van der Waals surface area contributed by atoms with E-state index in [0.717, 1.165) is 25.9 Å². The number of ether oxygens (including phenoxy) is 1. The number of nitrogens with one attached hydrogen (secondary N) is 2. The second-order valence-corrected chi connectivity index (χ2v) is 5.58. The third kappa shape index (κ3) is 5.95. The first-order valence-electron chi connectivity index (χ1n) is 7.85. The molecule has 1 atom stereocenters. The highest BCUT2D eigenvalue weighted by molar-refractivity contribution is 5.85. The lowest BCUT2D eigenvalue weighted by atomic mass is 9.81. The maximum absolute atomic E-state index is 12.0. The Morgan fingerprint density at radius 2 is 2.09 bits per heavy atom. The molecule has 1 amide bonds. The van der Waals surface area contributed by atoms with E-state index in [1.165, 1.54) is 17.5 Å². The van der Waals surface area contributed by atoms with Crippen molar-refractivity contribution in [1.29, 1.82) is 0 Å². The molecule has 2 rings (SSSR count). The molecule has 4 nitrogen and oxygen atoms in total. The fraction of sp³-hybridized carbons (Fsp3) is 0.588. The number of amides is 1. The molecule has 124 valence electrons. The highest BCUT2D eigenvalue weighted by Crippen LogP contribution is 2.33. The molecule has 0 aliphatic heterocycles. The van der Waals surface area contributed by atoms with Gasteiger partial charge in [0.1, 0.15) is 0 Å². The first-order chi connectivity index (χ1) is 10.3. The summed E-state index contributed by atoms with van der Waals surface area (Å²) in [4.78, 5) is 12.0. The predicted octanol–water partition coefficient (Wildman–Crippen LogP) is 2.27. The maximum atomic E-state index is 12.0. The van der Waals surface area contributed by atoms with Crippen molar-refractivity contribution in [3.63, 3.8) is 0 Å². The summed E-state index contributed by atoms with van der Waals surface area (Å²) in [6, 6.07) is 8.54. The van der Waals surface area contributed by atoms with Crippen LogP contribution in [0.25, 0.3) is 0 Å². The van der Waals surface area contributed by atoms with Gasteiger partial charge in [-0.1, -0.05) is 24.3 Å². The molecule has 22 heavy (non-hydrogen) atoms. The number of carbonyl (C=O) groups excluding carboxylic acids is 1. The summed E-state index contributed by atoms with van der Waals surface area (Å²) in [7, 11) is 1.69. The van der Waals surface area contributed by atoms with Gasteiger partial charge in [0, 0.05) is 33.2 Å². The largest absolute Gasteiger partial charge is 0.383 e. The van der Waals surface area contributed by atoms with Gasteiger partial charge in [-0.05, 0) is 36.3 Å². The van der Waals surface area contributed by atoms with Crippen molar-refractivity contribution in [2.24, 2.45) is 0 Å². The highest BCUT2D eigenvalue weighted by Gasteiger charge is 2.21. The summed E-state index contributed by atoms with van der Waals surface area (Å²) in [5, 5.41) is 6.22. The maximum Gasteiger partial charge on any atom is 0.220 e. The zero-order valence-electron chi connectivity index (χ0n) is 13.3. The van der Waals surface area contributed by atoms with Crippen LogP contribution in [0.4, 0.5) is 0 Å². The predicted molar refractivity (Wildman–Crippen MR) is 91.7 cm³/mol. The Hall–Kier alpha value is -1.10. The summed E-state index contributed by atoms with van der Waals surface area (Å²) >= 11 is 0. The number of halogens is 1. The van der Waals surface area contributed by atoms with Gasteiger partial charge in [-0.25, -0.2) is 0 Å². The van der Waals surface area contributed by atoms with E-state index in [1.807, 2.05) is 0 Å². The minimum absolute atomic E-state index is 0. The molecule has 0 saturated carbocycles. The van der Waals surface area contributed by atoms with Gasteiger partial charge in [-0.15, -0.1) is 12.4 Å². The molecule has 0 saturated heterocycles. The first-order valence-corrected chi connectivity index (χ1v) is 7.85. The van der Waals surface area contributed by atoms with E-state index in [9.17, 15) is 4.79 Å². The van der Waals surface area contributed by atoms with E-state index in [1.54, 1.807) is 7.11 Å². The minimum atomic E-state index is 0. The number of methoxy groups -OCH3 is 1. The van der Waals surface area contributed by atoms with Gasteiger partial charge in [0.05, 0.1) is 6.61 Å². The Bertz CT molecular complexity index is 454. The van der Waals surface area contributed by atoms with Crippen LogP contribution in [0.2, 0.25) is 0 Å². The molecule has 1 aliphatic rings. The molecule has 1 unspecified atom stereocenters. The molecule has 0 spiro atoms.